The molecule has 3 atom stereocenters. The van der Waals surface area contributed by atoms with E-state index in [0.29, 0.717) is 48.8 Å². The number of hydrogen-bond acceptors (Lipinski definition) is 8. The summed E-state index contributed by atoms with van der Waals surface area (Å²) in [5.41, 5.74) is 0.152. The lowest BCUT2D eigenvalue weighted by atomic mass is 9.77. The van der Waals surface area contributed by atoms with Crippen molar-refractivity contribution in [3.05, 3.63) is 29.5 Å². The first-order valence-corrected chi connectivity index (χ1v) is 10.6. The second-order valence-electron chi connectivity index (χ2n) is 8.45. The van der Waals surface area contributed by atoms with Crippen LogP contribution in [0.1, 0.15) is 37.3 Å². The van der Waals surface area contributed by atoms with E-state index in [4.69, 9.17) is 19.9 Å². The predicted molar refractivity (Wildman–Crippen MR) is 116 cm³/mol. The highest BCUT2D eigenvalue weighted by Gasteiger charge is 2.46. The molecule has 6 rings (SSSR count). The number of aromatic nitrogens is 3. The zero-order valence-corrected chi connectivity index (χ0v) is 17.4. The van der Waals surface area contributed by atoms with E-state index in [0.717, 1.165) is 18.8 Å². The molecule has 2 aromatic rings. The van der Waals surface area contributed by atoms with E-state index < -0.39 is 5.60 Å². The van der Waals surface area contributed by atoms with Gasteiger partial charge in [0.1, 0.15) is 23.1 Å². The van der Waals surface area contributed by atoms with Gasteiger partial charge in [0, 0.05) is 43.7 Å². The highest BCUT2D eigenvalue weighted by Crippen LogP contribution is 2.40. The van der Waals surface area contributed by atoms with Crippen molar-refractivity contribution < 1.29 is 14.6 Å². The van der Waals surface area contributed by atoms with Crippen LogP contribution in [-0.2, 0) is 9.47 Å². The molecule has 5 heterocycles. The van der Waals surface area contributed by atoms with Crippen LogP contribution < -0.4 is 10.2 Å². The Kier molecular flexibility index (Phi) is 5.14. The Morgan fingerprint density at radius 1 is 1.42 bits per heavy atom. The molecule has 31 heavy (non-hydrogen) atoms. The summed E-state index contributed by atoms with van der Waals surface area (Å²) >= 11 is 0. The first kappa shape index (κ1) is 20.0. The third kappa shape index (κ3) is 4.02. The minimum atomic E-state index is -1.06. The van der Waals surface area contributed by atoms with E-state index >= 15 is 0 Å². The zero-order valence-electron chi connectivity index (χ0n) is 17.4. The minimum absolute atomic E-state index is 0.0973. The van der Waals surface area contributed by atoms with E-state index in [1.54, 1.807) is 12.3 Å². The number of morpholine rings is 1. The predicted octanol–water partition coefficient (Wildman–Crippen LogP) is 1.80. The number of ether oxygens (including phenoxy) is 2. The van der Waals surface area contributed by atoms with Gasteiger partial charge in [-0.05, 0) is 13.0 Å². The Balaban J connectivity index is 1.54. The maximum Gasteiger partial charge on any atom is 0.144 e. The molecule has 3 aliphatic heterocycles. The smallest absolute Gasteiger partial charge is 0.144 e. The van der Waals surface area contributed by atoms with E-state index in [1.807, 2.05) is 6.07 Å². The van der Waals surface area contributed by atoms with Gasteiger partial charge >= 0.3 is 0 Å². The topological polar surface area (TPSA) is 119 Å². The summed E-state index contributed by atoms with van der Waals surface area (Å²) in [6.07, 6.45) is 5.13. The minimum Gasteiger partial charge on any atom is -0.377 e. The summed E-state index contributed by atoms with van der Waals surface area (Å²) in [4.78, 5) is 6.97. The molecule has 2 aromatic heterocycles. The van der Waals surface area contributed by atoms with Crippen molar-refractivity contribution in [2.75, 3.05) is 30.0 Å². The lowest BCUT2D eigenvalue weighted by Gasteiger charge is -2.47. The summed E-state index contributed by atoms with van der Waals surface area (Å²) in [6.45, 7) is 4.07. The van der Waals surface area contributed by atoms with E-state index in [1.165, 1.54) is 6.21 Å². The van der Waals surface area contributed by atoms with Crippen molar-refractivity contribution in [1.82, 2.24) is 15.2 Å². The van der Waals surface area contributed by atoms with Crippen molar-refractivity contribution in [3.8, 4) is 11.8 Å². The lowest BCUT2D eigenvalue weighted by Crippen LogP contribution is -2.53. The lowest BCUT2D eigenvalue weighted by molar-refractivity contribution is -0.204. The Bertz CT molecular complexity index is 1010. The van der Waals surface area contributed by atoms with Gasteiger partial charge in [0.2, 0.25) is 0 Å². The second-order valence-corrected chi connectivity index (χ2v) is 8.45. The molecule has 0 aromatic carbocycles. The second kappa shape index (κ2) is 7.96. The molecular weight excluding hydrogens is 396 g/mol. The fraction of sp³-hybridized carbons (Fsp3) is 0.500. The van der Waals surface area contributed by atoms with Crippen molar-refractivity contribution in [1.29, 1.82) is 5.41 Å². The third-order valence-corrected chi connectivity index (χ3v) is 6.08. The maximum atomic E-state index is 11.0. The number of rotatable bonds is 4. The van der Waals surface area contributed by atoms with Crippen LogP contribution in [0.3, 0.4) is 0 Å². The fourth-order valence-electron chi connectivity index (χ4n) is 4.49. The van der Waals surface area contributed by atoms with Crippen LogP contribution in [0.25, 0.3) is 0 Å². The average Bonchev–Trinajstić information content (AvgIpc) is 3.25. The molecule has 0 spiro atoms. The van der Waals surface area contributed by atoms with E-state index in [9.17, 15) is 5.11 Å². The Hall–Kier alpha value is -2.93. The summed E-state index contributed by atoms with van der Waals surface area (Å²) in [5.74, 6) is 8.19. The number of hydrogen-bond donors (Lipinski definition) is 4. The Labute approximate surface area is 180 Å². The number of fused-ring (bicyclic) bond motifs is 2. The van der Waals surface area contributed by atoms with Crippen LogP contribution in [0.15, 0.2) is 18.3 Å². The van der Waals surface area contributed by atoms with Crippen molar-refractivity contribution in [2.45, 2.75) is 50.0 Å². The van der Waals surface area contributed by atoms with Crippen LogP contribution in [-0.4, -0.2) is 70.1 Å². The molecule has 9 nitrogen and oxygen atoms in total. The summed E-state index contributed by atoms with van der Waals surface area (Å²) < 4.78 is 11.2. The number of nitrogens with one attached hydrogen (secondary N) is 3. The molecule has 4 N–H and O–H groups in total. The molecule has 0 amide bonds. The maximum absolute atomic E-state index is 11.0. The number of H-pyrrole nitrogens is 1. The van der Waals surface area contributed by atoms with Gasteiger partial charge in [0.25, 0.3) is 0 Å². The molecule has 2 bridgehead atoms. The number of pyridine rings is 1. The van der Waals surface area contributed by atoms with Gasteiger partial charge in [-0.25, -0.2) is 4.98 Å². The molecule has 3 saturated heterocycles. The Morgan fingerprint density at radius 3 is 2.90 bits per heavy atom. The van der Waals surface area contributed by atoms with Gasteiger partial charge in [-0.1, -0.05) is 11.8 Å². The quantitative estimate of drug-likeness (QED) is 0.438. The molecule has 1 aliphatic carbocycles. The zero-order chi connectivity index (χ0) is 21.4. The van der Waals surface area contributed by atoms with Gasteiger partial charge in [0.15, 0.2) is 0 Å². The molecule has 1 saturated carbocycles. The first-order valence-electron chi connectivity index (χ1n) is 10.6. The number of aromatic amines is 1. The average molecular weight is 422 g/mol. The molecule has 4 fully saturated rings. The molecule has 4 aliphatic rings. The van der Waals surface area contributed by atoms with Crippen LogP contribution in [0.2, 0.25) is 0 Å². The number of aliphatic hydroxyl groups is 1. The van der Waals surface area contributed by atoms with Crippen molar-refractivity contribution >= 4 is 23.7 Å². The molecule has 2 unspecified atom stereocenters. The standard InChI is InChI=1S/C22H26N6O3/c1-14-13-30-7-6-28(14)20-8-15(2-4-22(29)10-16-9-17(11-22)31-16)18(12-23)21(26-20)25-19-3-5-24-27-19/h3,5,8,12,14,16-17,23,29H,6-7,9-11,13H2,1H3,(H2,24,25,26,27)/t14-,16?,17?,22?/m1/s1. The van der Waals surface area contributed by atoms with Gasteiger partial charge < -0.3 is 30.2 Å². The highest BCUT2D eigenvalue weighted by atomic mass is 16.5. The van der Waals surface area contributed by atoms with Gasteiger partial charge in [-0.3, -0.25) is 5.10 Å². The van der Waals surface area contributed by atoms with Crippen LogP contribution in [0.5, 0.6) is 0 Å². The summed E-state index contributed by atoms with van der Waals surface area (Å²) in [7, 11) is 0. The molecular formula is C22H26N6O3. The van der Waals surface area contributed by atoms with Gasteiger partial charge in [-0.2, -0.15) is 5.10 Å². The highest BCUT2D eigenvalue weighted by molar-refractivity contribution is 5.90. The van der Waals surface area contributed by atoms with E-state index in [2.05, 4.69) is 39.2 Å². The first-order chi connectivity index (χ1) is 15.0. The summed E-state index contributed by atoms with van der Waals surface area (Å²) in [5, 5.41) is 29.0. The van der Waals surface area contributed by atoms with Crippen LogP contribution >= 0.6 is 0 Å². The number of anilines is 3. The third-order valence-electron chi connectivity index (χ3n) is 6.08. The van der Waals surface area contributed by atoms with Crippen molar-refractivity contribution in [3.63, 3.8) is 0 Å². The van der Waals surface area contributed by atoms with Crippen LogP contribution in [0, 0.1) is 17.3 Å². The fourth-order valence-corrected chi connectivity index (χ4v) is 4.49. The largest absolute Gasteiger partial charge is 0.377 e. The summed E-state index contributed by atoms with van der Waals surface area (Å²) in [6, 6.07) is 3.86. The number of nitrogens with zero attached hydrogens (tertiary/aromatic N) is 3. The van der Waals surface area contributed by atoms with Crippen molar-refractivity contribution in [2.24, 2.45) is 0 Å². The monoisotopic (exact) mass is 422 g/mol. The molecule has 162 valence electrons. The normalized spacial score (nSPS) is 29.5. The SMILES string of the molecule is C[C@@H]1COCCN1c1cc(C#CC2(O)CC3CC(C2)O3)c(C=N)c(Nc2ccn[nH]2)n1. The van der Waals surface area contributed by atoms with Gasteiger partial charge in [0.05, 0.1) is 43.2 Å². The molecule has 0 radical (unpaired) electrons. The Morgan fingerprint density at radius 2 is 2.23 bits per heavy atom. The van der Waals surface area contributed by atoms with Gasteiger partial charge in [-0.15, -0.1) is 0 Å². The van der Waals surface area contributed by atoms with Crippen LogP contribution in [0.4, 0.5) is 17.5 Å². The molecule has 9 heteroatoms. The van der Waals surface area contributed by atoms with E-state index in [-0.39, 0.29) is 18.2 Å².